The normalized spacial score (nSPS) is 11.0. The highest BCUT2D eigenvalue weighted by Gasteiger charge is 2.16. The summed E-state index contributed by atoms with van der Waals surface area (Å²) in [6.45, 7) is 3.33. The van der Waals surface area contributed by atoms with Crippen molar-refractivity contribution >= 4 is 27.6 Å². The third-order valence-electron chi connectivity index (χ3n) is 3.86. The van der Waals surface area contributed by atoms with Crippen molar-refractivity contribution in [1.82, 2.24) is 4.72 Å². The molecule has 0 unspecified atom stereocenters. The molecule has 8 heteroatoms. The zero-order valence-corrected chi connectivity index (χ0v) is 15.5. The summed E-state index contributed by atoms with van der Waals surface area (Å²) in [5.41, 5.74) is 2.65. The predicted molar refractivity (Wildman–Crippen MR) is 97.5 cm³/mol. The number of anilines is 1. The molecule has 0 heterocycles. The van der Waals surface area contributed by atoms with Gasteiger partial charge in [-0.1, -0.05) is 18.2 Å². The summed E-state index contributed by atoms with van der Waals surface area (Å²) >= 11 is 0. The maximum absolute atomic E-state index is 12.1. The Bertz CT molecular complexity index is 938. The summed E-state index contributed by atoms with van der Waals surface area (Å²) in [6, 6.07) is 10.9. The van der Waals surface area contributed by atoms with Crippen LogP contribution in [0.2, 0.25) is 0 Å². The number of rotatable bonds is 6. The zero-order chi connectivity index (χ0) is 19.3. The number of aryl methyl sites for hydroxylation is 1. The zero-order valence-electron chi connectivity index (χ0n) is 14.7. The number of esters is 1. The van der Waals surface area contributed by atoms with E-state index in [0.29, 0.717) is 5.69 Å². The molecule has 1 amide bonds. The second-order valence-electron chi connectivity index (χ2n) is 5.61. The van der Waals surface area contributed by atoms with E-state index in [0.717, 1.165) is 11.1 Å². The van der Waals surface area contributed by atoms with Gasteiger partial charge in [-0.3, -0.25) is 4.79 Å². The lowest BCUT2D eigenvalue weighted by atomic mass is 10.1. The molecule has 26 heavy (non-hydrogen) atoms. The number of benzene rings is 2. The van der Waals surface area contributed by atoms with E-state index in [1.54, 1.807) is 6.07 Å². The lowest BCUT2D eigenvalue weighted by molar-refractivity contribution is -0.119. The van der Waals surface area contributed by atoms with Crippen molar-refractivity contribution < 1.29 is 22.7 Å². The fourth-order valence-corrected chi connectivity index (χ4v) is 2.97. The molecule has 2 aromatic rings. The molecule has 0 fully saturated rings. The van der Waals surface area contributed by atoms with Gasteiger partial charge in [0, 0.05) is 5.69 Å². The molecule has 0 aliphatic heterocycles. The van der Waals surface area contributed by atoms with Crippen molar-refractivity contribution in [3.63, 3.8) is 0 Å². The lowest BCUT2D eigenvalue weighted by Crippen LogP contribution is -2.22. The third kappa shape index (κ3) is 4.68. The van der Waals surface area contributed by atoms with Crippen LogP contribution < -0.4 is 10.0 Å². The summed E-state index contributed by atoms with van der Waals surface area (Å²) < 4.78 is 30.7. The monoisotopic (exact) mass is 376 g/mol. The molecule has 2 rings (SSSR count). The first-order chi connectivity index (χ1) is 12.2. The second kappa shape index (κ2) is 8.11. The second-order valence-corrected chi connectivity index (χ2v) is 7.49. The van der Waals surface area contributed by atoms with Crippen LogP contribution in [0.15, 0.2) is 47.4 Å². The van der Waals surface area contributed by atoms with Gasteiger partial charge in [0.1, 0.15) is 0 Å². The van der Waals surface area contributed by atoms with Crippen molar-refractivity contribution in [3.05, 3.63) is 59.2 Å². The number of ether oxygens (including phenoxy) is 1. The number of carbonyl (C=O) groups is 2. The van der Waals surface area contributed by atoms with Gasteiger partial charge in [-0.2, -0.15) is 0 Å². The Balaban J connectivity index is 2.01. The van der Waals surface area contributed by atoms with Crippen molar-refractivity contribution in [2.24, 2.45) is 0 Å². The molecule has 0 aromatic heterocycles. The van der Waals surface area contributed by atoms with Gasteiger partial charge in [0.15, 0.2) is 6.61 Å². The topological polar surface area (TPSA) is 102 Å². The van der Waals surface area contributed by atoms with E-state index in [2.05, 4.69) is 10.0 Å². The van der Waals surface area contributed by atoms with Gasteiger partial charge in [0.25, 0.3) is 5.91 Å². The van der Waals surface area contributed by atoms with Gasteiger partial charge >= 0.3 is 5.97 Å². The molecule has 138 valence electrons. The molecule has 0 spiro atoms. The SMILES string of the molecule is CNS(=O)(=O)c1cccc(C(=O)OCC(=O)Nc2cccc(C)c2C)c1. The minimum Gasteiger partial charge on any atom is -0.452 e. The maximum Gasteiger partial charge on any atom is 0.338 e. The average molecular weight is 376 g/mol. The minimum atomic E-state index is -3.67. The number of amides is 1. The highest BCUT2D eigenvalue weighted by molar-refractivity contribution is 7.89. The molecule has 0 saturated carbocycles. The first-order valence-electron chi connectivity index (χ1n) is 7.81. The van der Waals surface area contributed by atoms with Crippen LogP contribution in [0.3, 0.4) is 0 Å². The Morgan fingerprint density at radius 2 is 1.77 bits per heavy atom. The Morgan fingerprint density at radius 3 is 2.46 bits per heavy atom. The van der Waals surface area contributed by atoms with Crippen LogP contribution in [0, 0.1) is 13.8 Å². The molecular weight excluding hydrogens is 356 g/mol. The highest BCUT2D eigenvalue weighted by Crippen LogP contribution is 2.18. The minimum absolute atomic E-state index is 0.0425. The number of carbonyl (C=O) groups excluding carboxylic acids is 2. The first kappa shape index (κ1) is 19.6. The number of hydrogen-bond acceptors (Lipinski definition) is 5. The summed E-state index contributed by atoms with van der Waals surface area (Å²) in [6.07, 6.45) is 0. The smallest absolute Gasteiger partial charge is 0.338 e. The highest BCUT2D eigenvalue weighted by atomic mass is 32.2. The van der Waals surface area contributed by atoms with E-state index in [4.69, 9.17) is 4.74 Å². The number of nitrogens with one attached hydrogen (secondary N) is 2. The van der Waals surface area contributed by atoms with Crippen LogP contribution in [0.5, 0.6) is 0 Å². The van der Waals surface area contributed by atoms with Crippen LogP contribution >= 0.6 is 0 Å². The summed E-state index contributed by atoms with van der Waals surface area (Å²) in [5, 5.41) is 2.68. The molecule has 2 aromatic carbocycles. The van der Waals surface area contributed by atoms with Gasteiger partial charge in [0.2, 0.25) is 10.0 Å². The van der Waals surface area contributed by atoms with Crippen molar-refractivity contribution in [2.75, 3.05) is 19.0 Å². The van der Waals surface area contributed by atoms with Crippen LogP contribution in [-0.4, -0.2) is 33.9 Å². The van der Waals surface area contributed by atoms with Crippen molar-refractivity contribution in [3.8, 4) is 0 Å². The van der Waals surface area contributed by atoms with Crippen LogP contribution in [0.4, 0.5) is 5.69 Å². The van der Waals surface area contributed by atoms with Crippen LogP contribution in [0.25, 0.3) is 0 Å². The first-order valence-corrected chi connectivity index (χ1v) is 9.29. The van der Waals surface area contributed by atoms with E-state index >= 15 is 0 Å². The van der Waals surface area contributed by atoms with E-state index < -0.39 is 28.5 Å². The fourth-order valence-electron chi connectivity index (χ4n) is 2.20. The maximum atomic E-state index is 12.1. The molecular formula is C18H20N2O5S. The van der Waals surface area contributed by atoms with Crippen LogP contribution in [0.1, 0.15) is 21.5 Å². The van der Waals surface area contributed by atoms with E-state index in [1.165, 1.54) is 31.3 Å². The fraction of sp³-hybridized carbons (Fsp3) is 0.222. The van der Waals surface area contributed by atoms with Gasteiger partial charge < -0.3 is 10.1 Å². The third-order valence-corrected chi connectivity index (χ3v) is 5.27. The largest absolute Gasteiger partial charge is 0.452 e. The number of sulfonamides is 1. The standard InChI is InChI=1S/C18H20N2O5S/c1-12-6-4-9-16(13(12)2)20-17(21)11-25-18(22)14-7-5-8-15(10-14)26(23,24)19-3/h4-10,19H,11H2,1-3H3,(H,20,21). The summed E-state index contributed by atoms with van der Waals surface area (Å²) in [4.78, 5) is 24.0. The molecule has 0 atom stereocenters. The van der Waals surface area contributed by atoms with E-state index in [9.17, 15) is 18.0 Å². The Kier molecular flexibility index (Phi) is 6.12. The van der Waals surface area contributed by atoms with Gasteiger partial charge in [-0.25, -0.2) is 17.9 Å². The Labute approximate surface area is 152 Å². The molecule has 2 N–H and O–H groups in total. The van der Waals surface area contributed by atoms with Crippen molar-refractivity contribution in [1.29, 1.82) is 0 Å². The molecule has 7 nitrogen and oxygen atoms in total. The molecule has 0 bridgehead atoms. The van der Waals surface area contributed by atoms with Crippen molar-refractivity contribution in [2.45, 2.75) is 18.7 Å². The Morgan fingerprint density at radius 1 is 1.08 bits per heavy atom. The molecule has 0 aliphatic carbocycles. The molecule has 0 aliphatic rings. The average Bonchev–Trinajstić information content (AvgIpc) is 2.63. The Hall–Kier alpha value is -2.71. The molecule has 0 saturated heterocycles. The predicted octanol–water partition coefficient (Wildman–Crippen LogP) is 2.01. The van der Waals surface area contributed by atoms with E-state index in [1.807, 2.05) is 26.0 Å². The summed E-state index contributed by atoms with van der Waals surface area (Å²) in [7, 11) is -2.40. The quantitative estimate of drug-likeness (QED) is 0.751. The van der Waals surface area contributed by atoms with Gasteiger partial charge in [-0.05, 0) is 56.3 Å². The summed E-state index contributed by atoms with van der Waals surface area (Å²) in [5.74, 6) is -1.26. The molecule has 0 radical (unpaired) electrons. The lowest BCUT2D eigenvalue weighted by Gasteiger charge is -2.11. The number of hydrogen-bond donors (Lipinski definition) is 2. The van der Waals surface area contributed by atoms with E-state index in [-0.39, 0.29) is 10.5 Å². The van der Waals surface area contributed by atoms with Crippen LogP contribution in [-0.2, 0) is 19.6 Å². The van der Waals surface area contributed by atoms with Gasteiger partial charge in [0.05, 0.1) is 10.5 Å². The van der Waals surface area contributed by atoms with Gasteiger partial charge in [-0.15, -0.1) is 0 Å².